The Morgan fingerprint density at radius 2 is 1.92 bits per heavy atom. The van der Waals surface area contributed by atoms with Crippen LogP contribution in [-0.4, -0.2) is 21.0 Å². The minimum Gasteiger partial charge on any atom is -0.352 e. The summed E-state index contributed by atoms with van der Waals surface area (Å²) in [5, 5.41) is 6.72. The Labute approximate surface area is 162 Å². The third-order valence-electron chi connectivity index (χ3n) is 4.07. The van der Waals surface area contributed by atoms with Gasteiger partial charge in [-0.05, 0) is 56.2 Å². The van der Waals surface area contributed by atoms with E-state index in [0.29, 0.717) is 5.95 Å². The lowest BCUT2D eigenvalue weighted by Gasteiger charge is -2.14. The molecule has 2 heterocycles. The number of anilines is 3. The highest BCUT2D eigenvalue weighted by molar-refractivity contribution is 9.10. The molecule has 3 aromatic rings. The second-order valence-corrected chi connectivity index (χ2v) is 7.07. The van der Waals surface area contributed by atoms with Crippen molar-refractivity contribution < 1.29 is 0 Å². The van der Waals surface area contributed by atoms with Gasteiger partial charge in [0.15, 0.2) is 0 Å². The average Bonchev–Trinajstić information content (AvgIpc) is 2.65. The number of hydrogen-bond acceptors (Lipinski definition) is 5. The van der Waals surface area contributed by atoms with Crippen LogP contribution in [0, 0.1) is 6.92 Å². The molecule has 0 aliphatic carbocycles. The second kappa shape index (κ2) is 8.27. The summed E-state index contributed by atoms with van der Waals surface area (Å²) >= 11 is 3.53. The molecular formula is C20H22BrN5. The van der Waals surface area contributed by atoms with Gasteiger partial charge in [0.05, 0.1) is 11.4 Å². The molecule has 5 nitrogen and oxygen atoms in total. The topological polar surface area (TPSA) is 62.7 Å². The van der Waals surface area contributed by atoms with Crippen molar-refractivity contribution in [2.75, 3.05) is 10.6 Å². The summed E-state index contributed by atoms with van der Waals surface area (Å²) in [6.07, 6.45) is 2.76. The highest BCUT2D eigenvalue weighted by Gasteiger charge is 2.10. The minimum absolute atomic E-state index is 0.289. The lowest BCUT2D eigenvalue weighted by atomic mass is 10.2. The lowest BCUT2D eigenvalue weighted by molar-refractivity contribution is 0.753. The number of nitrogens with one attached hydrogen (secondary N) is 2. The van der Waals surface area contributed by atoms with Crippen molar-refractivity contribution in [2.45, 2.75) is 33.2 Å². The SMILES string of the molecule is CC[C@H](C)Nc1nc(Nc2ccc(Br)c(C)c2)cc(-c2ccccn2)n1. The lowest BCUT2D eigenvalue weighted by Crippen LogP contribution is -2.16. The first kappa shape index (κ1) is 18.3. The molecular weight excluding hydrogens is 390 g/mol. The van der Waals surface area contributed by atoms with Crippen molar-refractivity contribution in [3.63, 3.8) is 0 Å². The Kier molecular flexibility index (Phi) is 5.83. The predicted molar refractivity (Wildman–Crippen MR) is 111 cm³/mol. The third-order valence-corrected chi connectivity index (χ3v) is 4.96. The highest BCUT2D eigenvalue weighted by atomic mass is 79.9. The van der Waals surface area contributed by atoms with E-state index in [-0.39, 0.29) is 6.04 Å². The number of halogens is 1. The van der Waals surface area contributed by atoms with Gasteiger partial charge in [0, 0.05) is 28.5 Å². The van der Waals surface area contributed by atoms with Gasteiger partial charge < -0.3 is 10.6 Å². The van der Waals surface area contributed by atoms with Gasteiger partial charge in [0.1, 0.15) is 5.82 Å². The molecule has 0 amide bonds. The van der Waals surface area contributed by atoms with E-state index in [4.69, 9.17) is 0 Å². The minimum atomic E-state index is 0.289. The van der Waals surface area contributed by atoms with E-state index >= 15 is 0 Å². The van der Waals surface area contributed by atoms with Crippen LogP contribution in [-0.2, 0) is 0 Å². The van der Waals surface area contributed by atoms with Crippen LogP contribution >= 0.6 is 15.9 Å². The first-order valence-corrected chi connectivity index (χ1v) is 9.44. The molecule has 0 bridgehead atoms. The first-order chi connectivity index (χ1) is 12.5. The highest BCUT2D eigenvalue weighted by Crippen LogP contribution is 2.25. The molecule has 0 radical (unpaired) electrons. The van der Waals surface area contributed by atoms with Crippen LogP contribution in [0.3, 0.4) is 0 Å². The van der Waals surface area contributed by atoms with E-state index in [1.807, 2.05) is 36.4 Å². The average molecular weight is 412 g/mol. The molecule has 0 aliphatic heterocycles. The van der Waals surface area contributed by atoms with Crippen molar-refractivity contribution >= 4 is 33.4 Å². The summed E-state index contributed by atoms with van der Waals surface area (Å²) in [6, 6.07) is 14.1. The zero-order valence-corrected chi connectivity index (χ0v) is 16.7. The van der Waals surface area contributed by atoms with Gasteiger partial charge in [0.25, 0.3) is 0 Å². The standard InChI is InChI=1S/C20H22BrN5/c1-4-14(3)23-20-25-18(17-7-5-6-10-22-17)12-19(26-20)24-15-8-9-16(21)13(2)11-15/h5-12,14H,4H2,1-3H3,(H2,23,24,25,26)/t14-/m0/s1. The largest absolute Gasteiger partial charge is 0.352 e. The summed E-state index contributed by atoms with van der Waals surface area (Å²) in [7, 11) is 0. The smallest absolute Gasteiger partial charge is 0.225 e. The monoisotopic (exact) mass is 411 g/mol. The van der Waals surface area contributed by atoms with Gasteiger partial charge in [-0.15, -0.1) is 0 Å². The molecule has 6 heteroatoms. The molecule has 3 rings (SSSR count). The summed E-state index contributed by atoms with van der Waals surface area (Å²) in [4.78, 5) is 13.7. The Morgan fingerprint density at radius 1 is 1.08 bits per heavy atom. The molecule has 134 valence electrons. The maximum Gasteiger partial charge on any atom is 0.225 e. The van der Waals surface area contributed by atoms with E-state index in [9.17, 15) is 0 Å². The maximum atomic E-state index is 4.63. The van der Waals surface area contributed by atoms with Crippen LogP contribution in [0.1, 0.15) is 25.8 Å². The molecule has 1 atom stereocenters. The molecule has 0 saturated heterocycles. The molecule has 0 fully saturated rings. The van der Waals surface area contributed by atoms with Crippen LogP contribution < -0.4 is 10.6 Å². The Bertz CT molecular complexity index is 883. The Hall–Kier alpha value is -2.47. The van der Waals surface area contributed by atoms with Crippen LogP contribution in [0.5, 0.6) is 0 Å². The number of nitrogens with zero attached hydrogens (tertiary/aromatic N) is 3. The molecule has 0 saturated carbocycles. The molecule has 2 N–H and O–H groups in total. The van der Waals surface area contributed by atoms with E-state index < -0.39 is 0 Å². The van der Waals surface area contributed by atoms with Crippen molar-refractivity contribution in [1.82, 2.24) is 15.0 Å². The van der Waals surface area contributed by atoms with E-state index in [2.05, 4.69) is 68.4 Å². The second-order valence-electron chi connectivity index (χ2n) is 6.22. The fourth-order valence-electron chi connectivity index (χ4n) is 2.41. The number of benzene rings is 1. The van der Waals surface area contributed by atoms with Crippen molar-refractivity contribution in [3.8, 4) is 11.4 Å². The Balaban J connectivity index is 1.97. The van der Waals surface area contributed by atoms with Gasteiger partial charge in [-0.1, -0.05) is 28.9 Å². The Morgan fingerprint density at radius 3 is 2.62 bits per heavy atom. The molecule has 0 spiro atoms. The van der Waals surface area contributed by atoms with Gasteiger partial charge in [0.2, 0.25) is 5.95 Å². The number of pyridine rings is 1. The number of hydrogen-bond donors (Lipinski definition) is 2. The number of aryl methyl sites for hydroxylation is 1. The van der Waals surface area contributed by atoms with Crippen molar-refractivity contribution in [1.29, 1.82) is 0 Å². The zero-order valence-electron chi connectivity index (χ0n) is 15.1. The summed E-state index contributed by atoms with van der Waals surface area (Å²) < 4.78 is 1.08. The number of aromatic nitrogens is 3. The van der Waals surface area contributed by atoms with Crippen LogP contribution in [0.25, 0.3) is 11.4 Å². The van der Waals surface area contributed by atoms with Gasteiger partial charge in [-0.3, -0.25) is 4.98 Å². The molecule has 1 aromatic carbocycles. The first-order valence-electron chi connectivity index (χ1n) is 8.65. The van der Waals surface area contributed by atoms with Crippen LogP contribution in [0.15, 0.2) is 53.1 Å². The quantitative estimate of drug-likeness (QED) is 0.555. The van der Waals surface area contributed by atoms with Gasteiger partial charge in [-0.2, -0.15) is 4.98 Å². The molecule has 0 unspecified atom stereocenters. The van der Waals surface area contributed by atoms with Gasteiger partial charge in [-0.25, -0.2) is 4.98 Å². The summed E-state index contributed by atoms with van der Waals surface area (Å²) in [6.45, 7) is 6.30. The van der Waals surface area contributed by atoms with Gasteiger partial charge >= 0.3 is 0 Å². The molecule has 2 aromatic heterocycles. The third kappa shape index (κ3) is 4.58. The van der Waals surface area contributed by atoms with Crippen LogP contribution in [0.2, 0.25) is 0 Å². The zero-order chi connectivity index (χ0) is 18.5. The summed E-state index contributed by atoms with van der Waals surface area (Å²) in [5.74, 6) is 1.33. The maximum absolute atomic E-state index is 4.63. The molecule has 0 aliphatic rings. The fraction of sp³-hybridized carbons (Fsp3) is 0.250. The summed E-state index contributed by atoms with van der Waals surface area (Å²) in [5.41, 5.74) is 3.73. The van der Waals surface area contributed by atoms with E-state index in [1.165, 1.54) is 0 Å². The fourth-order valence-corrected chi connectivity index (χ4v) is 2.66. The van der Waals surface area contributed by atoms with Crippen LogP contribution in [0.4, 0.5) is 17.5 Å². The predicted octanol–water partition coefficient (Wildman–Crippen LogP) is 5.56. The van der Waals surface area contributed by atoms with E-state index in [1.54, 1.807) is 6.20 Å². The van der Waals surface area contributed by atoms with Crippen molar-refractivity contribution in [3.05, 3.63) is 58.7 Å². The normalized spacial score (nSPS) is 11.8. The number of rotatable bonds is 6. The van der Waals surface area contributed by atoms with E-state index in [0.717, 1.165) is 39.4 Å². The molecule has 26 heavy (non-hydrogen) atoms. The van der Waals surface area contributed by atoms with Crippen molar-refractivity contribution in [2.24, 2.45) is 0 Å².